The van der Waals surface area contributed by atoms with Crippen LogP contribution >= 0.6 is 0 Å². The summed E-state index contributed by atoms with van der Waals surface area (Å²) in [4.78, 5) is 16.2. The third kappa shape index (κ3) is 3.19. The quantitative estimate of drug-likeness (QED) is 0.780. The predicted molar refractivity (Wildman–Crippen MR) is 73.4 cm³/mol. The summed E-state index contributed by atoms with van der Waals surface area (Å²) in [6.07, 6.45) is 4.54. The van der Waals surface area contributed by atoms with Crippen LogP contribution in [0.15, 0.2) is 30.6 Å². The summed E-state index contributed by atoms with van der Waals surface area (Å²) < 4.78 is 1.94. The average molecular weight is 244 g/mol. The number of para-hydroxylation sites is 2. The summed E-state index contributed by atoms with van der Waals surface area (Å²) in [6.45, 7) is 4.82. The van der Waals surface area contributed by atoms with Crippen LogP contribution in [0.2, 0.25) is 0 Å². The van der Waals surface area contributed by atoms with Crippen molar-refractivity contribution in [2.24, 2.45) is 5.92 Å². The SMILES string of the molecule is CC(C)CCCC(=O)Cn1cnc2ccccc21. The number of imidazole rings is 1. The highest BCUT2D eigenvalue weighted by Crippen LogP contribution is 2.13. The fourth-order valence-electron chi connectivity index (χ4n) is 2.11. The number of ketones is 1. The van der Waals surface area contributed by atoms with Crippen LogP contribution in [-0.2, 0) is 11.3 Å². The molecule has 1 aromatic heterocycles. The van der Waals surface area contributed by atoms with Gasteiger partial charge in [-0.15, -0.1) is 0 Å². The zero-order valence-electron chi connectivity index (χ0n) is 11.1. The molecular weight excluding hydrogens is 224 g/mol. The van der Waals surface area contributed by atoms with Crippen molar-refractivity contribution in [2.75, 3.05) is 0 Å². The first kappa shape index (κ1) is 12.8. The molecule has 0 saturated heterocycles. The number of carbonyl (C=O) groups excluding carboxylic acids is 1. The van der Waals surface area contributed by atoms with Crippen molar-refractivity contribution in [1.82, 2.24) is 9.55 Å². The van der Waals surface area contributed by atoms with E-state index in [0.29, 0.717) is 24.7 Å². The molecule has 0 aliphatic heterocycles. The third-order valence-electron chi connectivity index (χ3n) is 3.11. The highest BCUT2D eigenvalue weighted by Gasteiger charge is 2.07. The van der Waals surface area contributed by atoms with Crippen molar-refractivity contribution in [1.29, 1.82) is 0 Å². The molecule has 1 aromatic carbocycles. The van der Waals surface area contributed by atoms with E-state index >= 15 is 0 Å². The summed E-state index contributed by atoms with van der Waals surface area (Å²) in [5.41, 5.74) is 1.99. The standard InChI is InChI=1S/C15H20N2O/c1-12(2)6-5-7-13(18)10-17-11-16-14-8-3-4-9-15(14)17/h3-4,8-9,11-12H,5-7,10H2,1-2H3. The van der Waals surface area contributed by atoms with Gasteiger partial charge in [-0.2, -0.15) is 0 Å². The van der Waals surface area contributed by atoms with E-state index in [4.69, 9.17) is 0 Å². The average Bonchev–Trinajstić information content (AvgIpc) is 2.72. The van der Waals surface area contributed by atoms with Crippen LogP contribution in [0, 0.1) is 5.92 Å². The minimum absolute atomic E-state index is 0.291. The van der Waals surface area contributed by atoms with Crippen LogP contribution in [0.3, 0.4) is 0 Å². The fourth-order valence-corrected chi connectivity index (χ4v) is 2.11. The zero-order chi connectivity index (χ0) is 13.0. The van der Waals surface area contributed by atoms with E-state index in [1.807, 2.05) is 28.8 Å². The highest BCUT2D eigenvalue weighted by atomic mass is 16.1. The second kappa shape index (κ2) is 5.80. The molecule has 0 fully saturated rings. The maximum atomic E-state index is 11.9. The third-order valence-corrected chi connectivity index (χ3v) is 3.11. The number of aromatic nitrogens is 2. The molecule has 0 spiro atoms. The molecule has 3 heteroatoms. The number of benzene rings is 1. The van der Waals surface area contributed by atoms with E-state index in [1.165, 1.54) is 0 Å². The molecule has 18 heavy (non-hydrogen) atoms. The number of hydrogen-bond acceptors (Lipinski definition) is 2. The van der Waals surface area contributed by atoms with Gasteiger partial charge in [0.05, 0.1) is 23.9 Å². The van der Waals surface area contributed by atoms with Gasteiger partial charge in [-0.3, -0.25) is 4.79 Å². The Morgan fingerprint density at radius 3 is 2.89 bits per heavy atom. The Labute approximate surface area is 108 Å². The molecule has 0 saturated carbocycles. The van der Waals surface area contributed by atoms with E-state index < -0.39 is 0 Å². The Balaban J connectivity index is 1.95. The topological polar surface area (TPSA) is 34.9 Å². The van der Waals surface area contributed by atoms with Crippen molar-refractivity contribution >= 4 is 16.8 Å². The Morgan fingerprint density at radius 2 is 2.11 bits per heavy atom. The fraction of sp³-hybridized carbons (Fsp3) is 0.467. The minimum Gasteiger partial charge on any atom is -0.323 e. The van der Waals surface area contributed by atoms with Gasteiger partial charge in [-0.05, 0) is 24.5 Å². The van der Waals surface area contributed by atoms with Gasteiger partial charge in [-0.25, -0.2) is 4.98 Å². The lowest BCUT2D eigenvalue weighted by molar-refractivity contribution is -0.119. The molecule has 0 atom stereocenters. The number of carbonyl (C=O) groups is 1. The predicted octanol–water partition coefficient (Wildman–Crippen LogP) is 3.43. The first-order valence-electron chi connectivity index (χ1n) is 6.58. The van der Waals surface area contributed by atoms with Gasteiger partial charge >= 0.3 is 0 Å². The summed E-state index contributed by atoms with van der Waals surface area (Å²) >= 11 is 0. The van der Waals surface area contributed by atoms with Crippen molar-refractivity contribution in [3.8, 4) is 0 Å². The number of Topliss-reactive ketones (excluding diaryl/α,β-unsaturated/α-hetero) is 1. The van der Waals surface area contributed by atoms with Crippen molar-refractivity contribution in [3.63, 3.8) is 0 Å². The van der Waals surface area contributed by atoms with Crippen molar-refractivity contribution < 1.29 is 4.79 Å². The van der Waals surface area contributed by atoms with E-state index in [2.05, 4.69) is 18.8 Å². The molecule has 0 unspecified atom stereocenters. The molecule has 1 heterocycles. The molecular formula is C15H20N2O. The summed E-state index contributed by atoms with van der Waals surface area (Å²) in [7, 11) is 0. The highest BCUT2D eigenvalue weighted by molar-refractivity contribution is 5.81. The molecule has 0 amide bonds. The van der Waals surface area contributed by atoms with Crippen LogP contribution in [0.1, 0.15) is 33.1 Å². The zero-order valence-corrected chi connectivity index (χ0v) is 11.1. The van der Waals surface area contributed by atoms with Gasteiger partial charge in [0.15, 0.2) is 5.78 Å². The molecule has 2 rings (SSSR count). The number of fused-ring (bicyclic) bond motifs is 1. The summed E-state index contributed by atoms with van der Waals surface area (Å²) in [5.74, 6) is 0.964. The van der Waals surface area contributed by atoms with Crippen LogP contribution in [0.4, 0.5) is 0 Å². The lowest BCUT2D eigenvalue weighted by atomic mass is 10.0. The molecule has 3 nitrogen and oxygen atoms in total. The first-order chi connectivity index (χ1) is 8.66. The van der Waals surface area contributed by atoms with Gasteiger partial charge < -0.3 is 4.57 Å². The maximum Gasteiger partial charge on any atom is 0.152 e. The van der Waals surface area contributed by atoms with E-state index in [9.17, 15) is 4.79 Å². The molecule has 0 radical (unpaired) electrons. The van der Waals surface area contributed by atoms with Gasteiger partial charge in [0.25, 0.3) is 0 Å². The summed E-state index contributed by atoms with van der Waals surface area (Å²) in [5, 5.41) is 0. The van der Waals surface area contributed by atoms with Crippen LogP contribution < -0.4 is 0 Å². The molecule has 0 aliphatic carbocycles. The monoisotopic (exact) mass is 244 g/mol. The smallest absolute Gasteiger partial charge is 0.152 e. The molecule has 96 valence electrons. The van der Waals surface area contributed by atoms with Crippen molar-refractivity contribution in [3.05, 3.63) is 30.6 Å². The second-order valence-corrected chi connectivity index (χ2v) is 5.19. The van der Waals surface area contributed by atoms with Gasteiger partial charge in [0, 0.05) is 6.42 Å². The van der Waals surface area contributed by atoms with Crippen LogP contribution in [0.5, 0.6) is 0 Å². The Hall–Kier alpha value is -1.64. The number of hydrogen-bond donors (Lipinski definition) is 0. The van der Waals surface area contributed by atoms with Gasteiger partial charge in [0.1, 0.15) is 0 Å². The lowest BCUT2D eigenvalue weighted by Gasteiger charge is -2.05. The Bertz CT molecular complexity index is 528. The molecule has 0 bridgehead atoms. The van der Waals surface area contributed by atoms with E-state index in [0.717, 1.165) is 23.9 Å². The Kier molecular flexibility index (Phi) is 4.13. The minimum atomic E-state index is 0.291. The molecule has 0 N–H and O–H groups in total. The number of rotatable bonds is 6. The van der Waals surface area contributed by atoms with Crippen LogP contribution in [0.25, 0.3) is 11.0 Å². The van der Waals surface area contributed by atoms with Crippen LogP contribution in [-0.4, -0.2) is 15.3 Å². The largest absolute Gasteiger partial charge is 0.323 e. The van der Waals surface area contributed by atoms with Gasteiger partial charge in [0.2, 0.25) is 0 Å². The van der Waals surface area contributed by atoms with Gasteiger partial charge in [-0.1, -0.05) is 32.4 Å². The first-order valence-corrected chi connectivity index (χ1v) is 6.58. The maximum absolute atomic E-state index is 11.9. The van der Waals surface area contributed by atoms with E-state index in [-0.39, 0.29) is 0 Å². The Morgan fingerprint density at radius 1 is 1.33 bits per heavy atom. The molecule has 2 aromatic rings. The number of nitrogens with zero attached hydrogens (tertiary/aromatic N) is 2. The molecule has 0 aliphatic rings. The van der Waals surface area contributed by atoms with E-state index in [1.54, 1.807) is 6.33 Å². The lowest BCUT2D eigenvalue weighted by Crippen LogP contribution is -2.09. The summed E-state index contributed by atoms with van der Waals surface area (Å²) in [6, 6.07) is 7.91. The normalized spacial score (nSPS) is 11.3. The second-order valence-electron chi connectivity index (χ2n) is 5.19. The van der Waals surface area contributed by atoms with Crippen molar-refractivity contribution in [2.45, 2.75) is 39.7 Å².